The number of nitrogens with zero attached hydrogens (tertiary/aromatic N) is 2. The molecular weight excluding hydrogens is 380 g/mol. The molecule has 0 spiro atoms. The number of H-pyrrole nitrogens is 1. The van der Waals surface area contributed by atoms with Crippen molar-refractivity contribution >= 4 is 40.7 Å². The zero-order valence-electron chi connectivity index (χ0n) is 15.0. The molecule has 0 unspecified atom stereocenters. The number of aromatic nitrogens is 2. The average Bonchev–Trinajstić information content (AvgIpc) is 3.18. The maximum absolute atomic E-state index is 12.8. The Morgan fingerprint density at radius 2 is 1.89 bits per heavy atom. The lowest BCUT2D eigenvalue weighted by atomic mass is 10.0. The summed E-state index contributed by atoms with van der Waals surface area (Å²) in [7, 11) is 0. The fraction of sp³-hybridized carbons (Fsp3) is 0.100. The number of fused-ring (bicyclic) bond motifs is 1. The molecule has 3 aromatic rings. The maximum Gasteiger partial charge on any atom is 0.273 e. The predicted molar refractivity (Wildman–Crippen MR) is 105 cm³/mol. The van der Waals surface area contributed by atoms with E-state index in [0.717, 1.165) is 10.5 Å². The largest absolute Gasteiger partial charge is 0.321 e. The van der Waals surface area contributed by atoms with Gasteiger partial charge in [0, 0.05) is 5.69 Å². The van der Waals surface area contributed by atoms with Crippen molar-refractivity contribution in [2.24, 2.45) is 0 Å². The monoisotopic (exact) mass is 394 g/mol. The Labute approximate surface area is 165 Å². The summed E-state index contributed by atoms with van der Waals surface area (Å²) < 4.78 is 0. The summed E-state index contributed by atoms with van der Waals surface area (Å²) in [5, 5.41) is 9.33. The fourth-order valence-corrected chi connectivity index (χ4v) is 3.47. The third-order valence-electron chi connectivity index (χ3n) is 4.63. The number of halogens is 1. The highest BCUT2D eigenvalue weighted by atomic mass is 35.5. The topological polar surface area (TPSA) is 95.2 Å². The first-order valence-corrected chi connectivity index (χ1v) is 8.85. The van der Waals surface area contributed by atoms with Crippen molar-refractivity contribution in [1.29, 1.82) is 0 Å². The Kier molecular flexibility index (Phi) is 4.24. The van der Waals surface area contributed by atoms with Crippen LogP contribution in [-0.4, -0.2) is 27.9 Å². The third kappa shape index (κ3) is 2.76. The van der Waals surface area contributed by atoms with Gasteiger partial charge in [0.05, 0.1) is 28.0 Å². The number of imide groups is 1. The molecule has 1 aliphatic heterocycles. The number of carbonyl (C=O) groups excluding carboxylic acids is 3. The molecule has 0 atom stereocenters. The molecule has 0 saturated carbocycles. The van der Waals surface area contributed by atoms with Crippen molar-refractivity contribution in [1.82, 2.24) is 10.2 Å². The zero-order chi connectivity index (χ0) is 20.0. The lowest BCUT2D eigenvalue weighted by Gasteiger charge is -2.16. The Morgan fingerprint density at radius 1 is 1.11 bits per heavy atom. The minimum Gasteiger partial charge on any atom is -0.321 e. The van der Waals surface area contributed by atoms with Crippen LogP contribution in [0.5, 0.6) is 0 Å². The van der Waals surface area contributed by atoms with Crippen molar-refractivity contribution in [3.8, 4) is 0 Å². The van der Waals surface area contributed by atoms with Crippen molar-refractivity contribution in [2.75, 3.05) is 10.2 Å². The number of rotatable bonds is 3. The average molecular weight is 395 g/mol. The van der Waals surface area contributed by atoms with Crippen LogP contribution in [0.2, 0.25) is 5.02 Å². The minimum absolute atomic E-state index is 0.172. The third-order valence-corrected chi connectivity index (χ3v) is 4.93. The molecule has 7 nitrogen and oxygen atoms in total. The first-order chi connectivity index (χ1) is 13.4. The van der Waals surface area contributed by atoms with Crippen LogP contribution in [0.3, 0.4) is 0 Å². The van der Waals surface area contributed by atoms with Gasteiger partial charge in [0.25, 0.3) is 17.7 Å². The molecule has 8 heteroatoms. The molecule has 4 rings (SSSR count). The van der Waals surface area contributed by atoms with E-state index in [1.54, 1.807) is 44.3 Å². The van der Waals surface area contributed by atoms with Crippen LogP contribution in [0.4, 0.5) is 11.4 Å². The number of hydrogen-bond acceptors (Lipinski definition) is 4. The quantitative estimate of drug-likeness (QED) is 0.661. The van der Waals surface area contributed by atoms with Gasteiger partial charge in [-0.05, 0) is 49.2 Å². The normalized spacial score (nSPS) is 13.0. The van der Waals surface area contributed by atoms with Gasteiger partial charge in [-0.1, -0.05) is 23.7 Å². The molecule has 28 heavy (non-hydrogen) atoms. The molecule has 0 saturated heterocycles. The number of aryl methyl sites for hydroxylation is 2. The van der Waals surface area contributed by atoms with Gasteiger partial charge >= 0.3 is 0 Å². The van der Waals surface area contributed by atoms with E-state index in [4.69, 9.17) is 11.6 Å². The van der Waals surface area contributed by atoms with E-state index in [1.165, 1.54) is 12.1 Å². The predicted octanol–water partition coefficient (Wildman–Crippen LogP) is 3.73. The molecule has 1 aliphatic rings. The van der Waals surface area contributed by atoms with Crippen molar-refractivity contribution in [3.63, 3.8) is 0 Å². The zero-order valence-corrected chi connectivity index (χ0v) is 15.8. The van der Waals surface area contributed by atoms with Crippen molar-refractivity contribution < 1.29 is 14.4 Å². The van der Waals surface area contributed by atoms with Crippen LogP contribution in [0.1, 0.15) is 42.3 Å². The number of aromatic amines is 1. The van der Waals surface area contributed by atoms with Crippen LogP contribution >= 0.6 is 11.6 Å². The lowest BCUT2D eigenvalue weighted by Crippen LogP contribution is -2.29. The molecule has 0 fully saturated rings. The Bertz CT molecular complexity index is 1150. The van der Waals surface area contributed by atoms with E-state index in [0.29, 0.717) is 28.1 Å². The van der Waals surface area contributed by atoms with E-state index in [9.17, 15) is 14.4 Å². The number of hydrogen-bond donors (Lipinski definition) is 2. The summed E-state index contributed by atoms with van der Waals surface area (Å²) in [6, 6.07) is 9.76. The second-order valence-corrected chi connectivity index (χ2v) is 6.90. The van der Waals surface area contributed by atoms with Crippen molar-refractivity contribution in [3.05, 3.63) is 75.6 Å². The van der Waals surface area contributed by atoms with E-state index < -0.39 is 11.8 Å². The molecule has 3 amide bonds. The van der Waals surface area contributed by atoms with Gasteiger partial charge in [-0.15, -0.1) is 0 Å². The second-order valence-electron chi connectivity index (χ2n) is 6.49. The highest BCUT2D eigenvalue weighted by Gasteiger charge is 2.38. The smallest absolute Gasteiger partial charge is 0.273 e. The first kappa shape index (κ1) is 17.9. The van der Waals surface area contributed by atoms with Gasteiger partial charge in [-0.2, -0.15) is 5.10 Å². The molecule has 0 radical (unpaired) electrons. The SMILES string of the molecule is Cc1cn[nH]c1C(=O)Nc1ccc(N2C(=O)c3cccc(C)c3C2=O)c(Cl)c1. The van der Waals surface area contributed by atoms with E-state index >= 15 is 0 Å². The van der Waals surface area contributed by atoms with E-state index in [-0.39, 0.29) is 16.6 Å². The Balaban J connectivity index is 1.63. The molecular formula is C20H15ClN4O3. The van der Waals surface area contributed by atoms with Gasteiger partial charge in [-0.25, -0.2) is 4.90 Å². The standard InChI is InChI=1S/C20H15ClN4O3/c1-10-4-3-5-13-16(10)20(28)25(19(13)27)15-7-6-12(8-14(15)21)23-18(26)17-11(2)9-22-24-17/h3-9H,1-2H3,(H,22,24)(H,23,26). The highest BCUT2D eigenvalue weighted by molar-refractivity contribution is 6.40. The molecule has 2 N–H and O–H groups in total. The van der Waals surface area contributed by atoms with Crippen LogP contribution < -0.4 is 10.2 Å². The number of carbonyl (C=O) groups is 3. The van der Waals surface area contributed by atoms with E-state index in [2.05, 4.69) is 15.5 Å². The first-order valence-electron chi connectivity index (χ1n) is 8.47. The summed E-state index contributed by atoms with van der Waals surface area (Å²) in [4.78, 5) is 38.9. The summed E-state index contributed by atoms with van der Waals surface area (Å²) in [6.45, 7) is 3.55. The van der Waals surface area contributed by atoms with Gasteiger partial charge in [-0.3, -0.25) is 19.5 Å². The number of amides is 3. The van der Waals surface area contributed by atoms with Crippen LogP contribution in [-0.2, 0) is 0 Å². The summed E-state index contributed by atoms with van der Waals surface area (Å²) in [5.74, 6) is -1.20. The van der Waals surface area contributed by atoms with Gasteiger partial charge < -0.3 is 5.32 Å². The molecule has 2 aromatic carbocycles. The van der Waals surface area contributed by atoms with Gasteiger partial charge in [0.15, 0.2) is 0 Å². The summed E-state index contributed by atoms with van der Waals surface area (Å²) >= 11 is 6.34. The molecule has 0 bridgehead atoms. The number of anilines is 2. The summed E-state index contributed by atoms with van der Waals surface area (Å²) in [5.41, 5.74) is 3.22. The highest BCUT2D eigenvalue weighted by Crippen LogP contribution is 2.35. The maximum atomic E-state index is 12.8. The van der Waals surface area contributed by atoms with E-state index in [1.807, 2.05) is 0 Å². The number of nitrogens with one attached hydrogen (secondary N) is 2. The second kappa shape index (κ2) is 6.61. The Morgan fingerprint density at radius 3 is 2.54 bits per heavy atom. The van der Waals surface area contributed by atoms with Gasteiger partial charge in [0.2, 0.25) is 0 Å². The van der Waals surface area contributed by atoms with Crippen LogP contribution in [0, 0.1) is 13.8 Å². The minimum atomic E-state index is -0.421. The number of benzene rings is 2. The Hall–Kier alpha value is -3.45. The van der Waals surface area contributed by atoms with Crippen LogP contribution in [0.25, 0.3) is 0 Å². The van der Waals surface area contributed by atoms with Crippen LogP contribution in [0.15, 0.2) is 42.6 Å². The molecule has 2 heterocycles. The molecule has 140 valence electrons. The van der Waals surface area contributed by atoms with Crippen molar-refractivity contribution in [2.45, 2.75) is 13.8 Å². The molecule has 0 aliphatic carbocycles. The summed E-state index contributed by atoms with van der Waals surface area (Å²) in [6.07, 6.45) is 1.55. The van der Waals surface area contributed by atoms with Gasteiger partial charge in [0.1, 0.15) is 5.69 Å². The molecule has 1 aromatic heterocycles. The lowest BCUT2D eigenvalue weighted by molar-refractivity contribution is 0.0924. The fourth-order valence-electron chi connectivity index (χ4n) is 3.21.